The Labute approximate surface area is 163 Å². The van der Waals surface area contributed by atoms with Gasteiger partial charge in [-0.25, -0.2) is 13.2 Å². The van der Waals surface area contributed by atoms with Crippen LogP contribution >= 0.6 is 0 Å². The number of carbonyl (C=O) groups is 1. The zero-order valence-electron chi connectivity index (χ0n) is 16.4. The van der Waals surface area contributed by atoms with Gasteiger partial charge in [0.05, 0.1) is 15.7 Å². The summed E-state index contributed by atoms with van der Waals surface area (Å²) >= 11 is 0. The highest BCUT2D eigenvalue weighted by Gasteiger charge is 2.37. The van der Waals surface area contributed by atoms with E-state index < -0.39 is 38.5 Å². The van der Waals surface area contributed by atoms with Crippen molar-refractivity contribution in [2.75, 3.05) is 7.05 Å². The van der Waals surface area contributed by atoms with Crippen molar-refractivity contribution in [1.29, 1.82) is 0 Å². The third-order valence-corrected chi connectivity index (χ3v) is 7.06. The molecule has 28 heavy (non-hydrogen) atoms. The number of rotatable bonds is 3. The third kappa shape index (κ3) is 5.40. The predicted molar refractivity (Wildman–Crippen MR) is 98.7 cm³/mol. The van der Waals surface area contributed by atoms with Crippen LogP contribution in [0.25, 0.3) is 0 Å². The lowest BCUT2D eigenvalue weighted by molar-refractivity contribution is -0.137. The molecule has 1 saturated carbocycles. The monoisotopic (exact) mass is 421 g/mol. The number of amides is 1. The first-order valence-electron chi connectivity index (χ1n) is 9.09. The minimum Gasteiger partial charge on any atom is -0.444 e. The quantitative estimate of drug-likeness (QED) is 0.712. The molecule has 0 unspecified atom stereocenters. The number of benzene rings is 1. The molecular weight excluding hydrogens is 395 g/mol. The van der Waals surface area contributed by atoms with E-state index in [-0.39, 0.29) is 23.8 Å². The van der Waals surface area contributed by atoms with Gasteiger partial charge in [-0.15, -0.1) is 0 Å². The second kappa shape index (κ2) is 7.93. The topological polar surface area (TPSA) is 63.7 Å². The van der Waals surface area contributed by atoms with E-state index in [2.05, 4.69) is 0 Å². The second-order valence-corrected chi connectivity index (χ2v) is 10.3. The highest BCUT2D eigenvalue weighted by Crippen LogP contribution is 2.34. The zero-order valence-corrected chi connectivity index (χ0v) is 17.2. The number of alkyl halides is 3. The summed E-state index contributed by atoms with van der Waals surface area (Å²) in [4.78, 5) is 13.3. The van der Waals surface area contributed by atoms with Gasteiger partial charge in [0.2, 0.25) is 0 Å². The molecule has 1 aromatic rings. The Bertz CT molecular complexity index is 807. The lowest BCUT2D eigenvalue weighted by Crippen LogP contribution is -2.43. The molecular formula is C19H26F3NO4S. The number of ether oxygens (including phenoxy) is 1. The fraction of sp³-hybridized carbons (Fsp3) is 0.632. The summed E-state index contributed by atoms with van der Waals surface area (Å²) in [6.45, 7) is 5.28. The van der Waals surface area contributed by atoms with Crippen LogP contribution in [0, 0.1) is 0 Å². The number of carbonyl (C=O) groups excluding carboxylic acids is 1. The molecule has 0 atom stereocenters. The second-order valence-electron chi connectivity index (χ2n) is 8.09. The van der Waals surface area contributed by atoms with Gasteiger partial charge < -0.3 is 9.64 Å². The molecule has 0 aromatic heterocycles. The van der Waals surface area contributed by atoms with Crippen molar-refractivity contribution >= 4 is 15.9 Å². The first-order chi connectivity index (χ1) is 12.7. The lowest BCUT2D eigenvalue weighted by atomic mass is 9.94. The molecule has 1 fully saturated rings. The Balaban J connectivity index is 2.07. The maximum Gasteiger partial charge on any atom is 0.416 e. The summed E-state index contributed by atoms with van der Waals surface area (Å²) in [6.07, 6.45) is -3.64. The molecule has 0 heterocycles. The third-order valence-electron chi connectivity index (χ3n) is 4.80. The van der Waals surface area contributed by atoms with Gasteiger partial charge in [-0.3, -0.25) is 0 Å². The molecule has 1 aliphatic carbocycles. The van der Waals surface area contributed by atoms with E-state index in [4.69, 9.17) is 4.74 Å². The van der Waals surface area contributed by atoms with Crippen molar-refractivity contribution in [3.8, 4) is 0 Å². The van der Waals surface area contributed by atoms with Crippen LogP contribution in [-0.4, -0.2) is 43.4 Å². The largest absolute Gasteiger partial charge is 0.444 e. The summed E-state index contributed by atoms with van der Waals surface area (Å²) < 4.78 is 69.6. The smallest absolute Gasteiger partial charge is 0.416 e. The Morgan fingerprint density at radius 3 is 2.18 bits per heavy atom. The molecule has 0 bridgehead atoms. The van der Waals surface area contributed by atoms with Gasteiger partial charge in [0, 0.05) is 13.1 Å². The van der Waals surface area contributed by atoms with E-state index in [9.17, 15) is 26.4 Å². The minimum absolute atomic E-state index is 0.164. The van der Waals surface area contributed by atoms with E-state index in [1.165, 1.54) is 11.0 Å². The van der Waals surface area contributed by atoms with Gasteiger partial charge >= 0.3 is 12.3 Å². The van der Waals surface area contributed by atoms with Gasteiger partial charge in [-0.1, -0.05) is 6.07 Å². The van der Waals surface area contributed by atoms with Gasteiger partial charge in [-0.05, 0) is 64.7 Å². The summed E-state index contributed by atoms with van der Waals surface area (Å²) in [5.41, 5.74) is -1.61. The molecule has 2 rings (SSSR count). The van der Waals surface area contributed by atoms with Gasteiger partial charge in [0.15, 0.2) is 9.84 Å². The van der Waals surface area contributed by atoms with Crippen molar-refractivity contribution in [2.45, 2.75) is 74.4 Å². The predicted octanol–water partition coefficient (Wildman–Crippen LogP) is 4.66. The van der Waals surface area contributed by atoms with E-state index in [0.717, 1.165) is 12.1 Å². The van der Waals surface area contributed by atoms with Crippen LogP contribution in [0.3, 0.4) is 0 Å². The van der Waals surface area contributed by atoms with Crippen molar-refractivity contribution < 1.29 is 31.1 Å². The Hall–Kier alpha value is -1.77. The SMILES string of the molecule is CN(C(=O)OC(C)(C)C)C1CCC(S(=O)(=O)c2cccc(C(F)(F)F)c2)CC1. The van der Waals surface area contributed by atoms with Crippen LogP contribution in [0.4, 0.5) is 18.0 Å². The van der Waals surface area contributed by atoms with Crippen molar-refractivity contribution in [2.24, 2.45) is 0 Å². The minimum atomic E-state index is -4.60. The highest BCUT2D eigenvalue weighted by atomic mass is 32.2. The van der Waals surface area contributed by atoms with Crippen LogP contribution in [0.5, 0.6) is 0 Å². The zero-order chi connectivity index (χ0) is 21.3. The molecule has 1 amide bonds. The van der Waals surface area contributed by atoms with Crippen LogP contribution < -0.4 is 0 Å². The molecule has 1 aromatic carbocycles. The number of hydrogen-bond donors (Lipinski definition) is 0. The van der Waals surface area contributed by atoms with Crippen molar-refractivity contribution in [3.63, 3.8) is 0 Å². The Morgan fingerprint density at radius 1 is 1.11 bits per heavy atom. The number of halogens is 3. The van der Waals surface area contributed by atoms with Crippen molar-refractivity contribution in [3.05, 3.63) is 29.8 Å². The van der Waals surface area contributed by atoms with Crippen molar-refractivity contribution in [1.82, 2.24) is 4.90 Å². The van der Waals surface area contributed by atoms with E-state index in [0.29, 0.717) is 18.9 Å². The summed E-state index contributed by atoms with van der Waals surface area (Å²) in [7, 11) is -2.27. The average Bonchev–Trinajstić information content (AvgIpc) is 2.59. The van der Waals surface area contributed by atoms with Crippen LogP contribution in [0.2, 0.25) is 0 Å². The number of nitrogens with zero attached hydrogens (tertiary/aromatic N) is 1. The van der Waals surface area contributed by atoms with Crippen LogP contribution in [0.1, 0.15) is 52.0 Å². The highest BCUT2D eigenvalue weighted by molar-refractivity contribution is 7.92. The van der Waals surface area contributed by atoms with Gasteiger partial charge in [0.25, 0.3) is 0 Å². The van der Waals surface area contributed by atoms with Crippen LogP contribution in [0.15, 0.2) is 29.2 Å². The molecule has 0 aliphatic heterocycles. The summed E-state index contributed by atoms with van der Waals surface area (Å²) in [5, 5.41) is -0.765. The maximum absolute atomic E-state index is 12.9. The lowest BCUT2D eigenvalue weighted by Gasteiger charge is -2.35. The first-order valence-corrected chi connectivity index (χ1v) is 10.6. The first kappa shape index (κ1) is 22.5. The fourth-order valence-corrected chi connectivity index (χ4v) is 5.10. The van der Waals surface area contributed by atoms with Gasteiger partial charge in [-0.2, -0.15) is 13.2 Å². The fourth-order valence-electron chi connectivity index (χ4n) is 3.27. The molecule has 0 N–H and O–H groups in total. The molecule has 158 valence electrons. The Kier molecular flexibility index (Phi) is 6.37. The number of hydrogen-bond acceptors (Lipinski definition) is 4. The molecule has 9 heteroatoms. The molecule has 0 saturated heterocycles. The molecule has 5 nitrogen and oxygen atoms in total. The summed E-state index contributed by atoms with van der Waals surface area (Å²) in [6, 6.07) is 3.68. The van der Waals surface area contributed by atoms with Crippen LogP contribution in [-0.2, 0) is 20.8 Å². The molecule has 0 radical (unpaired) electrons. The number of sulfone groups is 1. The van der Waals surface area contributed by atoms with E-state index >= 15 is 0 Å². The molecule has 1 aliphatic rings. The van der Waals surface area contributed by atoms with Gasteiger partial charge in [0.1, 0.15) is 5.60 Å². The maximum atomic E-state index is 12.9. The molecule has 0 spiro atoms. The average molecular weight is 421 g/mol. The Morgan fingerprint density at radius 2 is 1.68 bits per heavy atom. The normalized spacial score (nSPS) is 21.2. The standard InChI is InChI=1S/C19H26F3NO4S/c1-18(2,3)27-17(24)23(4)14-8-10-15(11-9-14)28(25,26)16-7-5-6-13(12-16)19(20,21)22/h5-7,12,14-15H,8-11H2,1-4H3. The summed E-state index contributed by atoms with van der Waals surface area (Å²) in [5.74, 6) is 0. The van der Waals surface area contributed by atoms with E-state index in [1.54, 1.807) is 27.8 Å². The van der Waals surface area contributed by atoms with E-state index in [1.807, 2.05) is 0 Å².